The van der Waals surface area contributed by atoms with Crippen molar-refractivity contribution in [3.8, 4) is 0 Å². The first-order valence-electron chi connectivity index (χ1n) is 5.85. The van der Waals surface area contributed by atoms with Gasteiger partial charge in [-0.25, -0.2) is 0 Å². The van der Waals surface area contributed by atoms with Crippen LogP contribution < -0.4 is 0 Å². The molecule has 0 unspecified atom stereocenters. The van der Waals surface area contributed by atoms with E-state index >= 15 is 0 Å². The molecule has 0 bridgehead atoms. The maximum atomic E-state index is 12.5. The molecule has 0 spiro atoms. The van der Waals surface area contributed by atoms with E-state index in [1.54, 1.807) is 18.2 Å². The molecule has 0 N–H and O–H groups in total. The normalized spacial score (nSPS) is 14.1. The van der Waals surface area contributed by atoms with Gasteiger partial charge in [-0.2, -0.15) is 39.5 Å². The lowest BCUT2D eigenvalue weighted by Crippen LogP contribution is -2.67. The number of halogens is 9. The average molecular weight is 372 g/mol. The summed E-state index contributed by atoms with van der Waals surface area (Å²) in [4.78, 5) is 0.465. The predicted octanol–water partition coefficient (Wildman–Crippen LogP) is 5.22. The maximum absolute atomic E-state index is 12.5. The molecule has 0 saturated carbocycles. The van der Waals surface area contributed by atoms with Gasteiger partial charge in [0.1, 0.15) is 0 Å². The number of benzene rings is 1. The van der Waals surface area contributed by atoms with Crippen LogP contribution in [0.15, 0.2) is 35.2 Å². The first-order valence-corrected chi connectivity index (χ1v) is 6.83. The number of ether oxygens (including phenoxy) is 1. The smallest absolute Gasteiger partial charge is 0.350 e. The van der Waals surface area contributed by atoms with E-state index in [1.165, 1.54) is 12.1 Å². The van der Waals surface area contributed by atoms with E-state index < -0.39 is 36.5 Å². The van der Waals surface area contributed by atoms with E-state index in [-0.39, 0.29) is 0 Å². The first kappa shape index (κ1) is 19.9. The zero-order valence-corrected chi connectivity index (χ0v) is 11.8. The van der Waals surface area contributed by atoms with Gasteiger partial charge in [-0.15, -0.1) is 11.8 Å². The molecule has 1 nitrogen and oxygen atoms in total. The number of hydrogen-bond donors (Lipinski definition) is 0. The van der Waals surface area contributed by atoms with Gasteiger partial charge in [0.05, 0.1) is 6.61 Å². The average Bonchev–Trinajstić information content (AvgIpc) is 2.35. The minimum absolute atomic E-state index is 0.465. The van der Waals surface area contributed by atoms with E-state index in [0.717, 1.165) is 11.8 Å². The molecule has 1 aromatic rings. The van der Waals surface area contributed by atoms with Crippen molar-refractivity contribution in [3.63, 3.8) is 0 Å². The molecule has 11 heteroatoms. The van der Waals surface area contributed by atoms with Crippen molar-refractivity contribution < 1.29 is 44.3 Å². The largest absolute Gasteiger partial charge is 0.435 e. The SMILES string of the molecule is FC(F)(F)C(OCCSc1ccccc1)(C(F)(F)F)C(F)(F)F. The van der Waals surface area contributed by atoms with Crippen LogP contribution in [0, 0.1) is 0 Å². The Morgan fingerprint density at radius 1 is 0.739 bits per heavy atom. The molecule has 0 aromatic heterocycles. The molecule has 23 heavy (non-hydrogen) atoms. The second-order valence-corrected chi connectivity index (χ2v) is 5.35. The topological polar surface area (TPSA) is 9.23 Å². The molecule has 0 saturated heterocycles. The van der Waals surface area contributed by atoms with Crippen molar-refractivity contribution in [2.75, 3.05) is 12.4 Å². The number of rotatable bonds is 5. The molecule has 132 valence electrons. The summed E-state index contributed by atoms with van der Waals surface area (Å²) in [6.07, 6.45) is -20.1. The molecule has 0 heterocycles. The molecule has 0 aliphatic carbocycles. The maximum Gasteiger partial charge on any atom is 0.435 e. The fourth-order valence-corrected chi connectivity index (χ4v) is 2.35. The van der Waals surface area contributed by atoms with E-state index in [0.29, 0.717) is 4.90 Å². The molecular formula is C12H9F9OS. The van der Waals surface area contributed by atoms with E-state index in [1.807, 2.05) is 0 Å². The minimum atomic E-state index is -6.69. The lowest BCUT2D eigenvalue weighted by molar-refractivity contribution is -0.456. The molecule has 0 amide bonds. The summed E-state index contributed by atoms with van der Waals surface area (Å²) in [7, 11) is 0. The van der Waals surface area contributed by atoms with Crippen LogP contribution in [0.5, 0.6) is 0 Å². The Morgan fingerprint density at radius 2 is 1.17 bits per heavy atom. The molecule has 0 atom stereocenters. The van der Waals surface area contributed by atoms with Crippen molar-refractivity contribution in [1.82, 2.24) is 0 Å². The summed E-state index contributed by atoms with van der Waals surface area (Å²) < 4.78 is 116. The van der Waals surface area contributed by atoms with Crippen molar-refractivity contribution >= 4 is 11.8 Å². The van der Waals surface area contributed by atoms with Crippen LogP contribution >= 0.6 is 11.8 Å². The summed E-state index contributed by atoms with van der Waals surface area (Å²) >= 11 is 0.766. The quantitative estimate of drug-likeness (QED) is 0.398. The van der Waals surface area contributed by atoms with Crippen molar-refractivity contribution in [3.05, 3.63) is 30.3 Å². The van der Waals surface area contributed by atoms with Gasteiger partial charge in [0, 0.05) is 10.6 Å². The number of thioether (sulfide) groups is 1. The minimum Gasteiger partial charge on any atom is -0.350 e. The highest BCUT2D eigenvalue weighted by molar-refractivity contribution is 7.99. The Kier molecular flexibility index (Phi) is 5.89. The highest BCUT2D eigenvalue weighted by Crippen LogP contribution is 2.54. The van der Waals surface area contributed by atoms with Gasteiger partial charge in [-0.3, -0.25) is 0 Å². The van der Waals surface area contributed by atoms with Crippen LogP contribution in [0.3, 0.4) is 0 Å². The summed E-state index contributed by atoms with van der Waals surface area (Å²) in [6.45, 7) is -1.39. The van der Waals surface area contributed by atoms with E-state index in [4.69, 9.17) is 0 Å². The van der Waals surface area contributed by atoms with Gasteiger partial charge < -0.3 is 4.74 Å². The molecular weight excluding hydrogens is 363 g/mol. The third-order valence-electron chi connectivity index (χ3n) is 2.61. The zero-order chi connectivity index (χ0) is 17.9. The highest BCUT2D eigenvalue weighted by atomic mass is 32.2. The van der Waals surface area contributed by atoms with Gasteiger partial charge >= 0.3 is 24.1 Å². The first-order chi connectivity index (χ1) is 10.3. The summed E-state index contributed by atoms with van der Waals surface area (Å²) in [5.74, 6) is -0.520. The second kappa shape index (κ2) is 6.80. The van der Waals surface area contributed by atoms with Crippen LogP contribution in [0.1, 0.15) is 0 Å². The molecule has 0 aliphatic rings. The predicted molar refractivity (Wildman–Crippen MR) is 64.0 cm³/mol. The molecule has 1 aromatic carbocycles. The van der Waals surface area contributed by atoms with Crippen LogP contribution in [-0.4, -0.2) is 36.5 Å². The third-order valence-corrected chi connectivity index (χ3v) is 3.59. The second-order valence-electron chi connectivity index (χ2n) is 4.18. The number of alkyl halides is 9. The number of hydrogen-bond acceptors (Lipinski definition) is 2. The van der Waals surface area contributed by atoms with Crippen molar-refractivity contribution in [1.29, 1.82) is 0 Å². The highest BCUT2D eigenvalue weighted by Gasteiger charge is 2.85. The van der Waals surface area contributed by atoms with Crippen LogP contribution in [0.4, 0.5) is 39.5 Å². The van der Waals surface area contributed by atoms with Crippen molar-refractivity contribution in [2.24, 2.45) is 0 Å². The Bertz CT molecular complexity index is 456. The molecule has 0 radical (unpaired) electrons. The van der Waals surface area contributed by atoms with Gasteiger partial charge in [-0.1, -0.05) is 18.2 Å². The third kappa shape index (κ3) is 4.25. The van der Waals surface area contributed by atoms with Crippen LogP contribution in [-0.2, 0) is 4.74 Å². The fourth-order valence-electron chi connectivity index (χ4n) is 1.60. The summed E-state index contributed by atoms with van der Waals surface area (Å²) in [5.41, 5.74) is -6.20. The summed E-state index contributed by atoms with van der Waals surface area (Å²) in [6, 6.07) is 7.70. The Labute approximate surface area is 128 Å². The monoisotopic (exact) mass is 372 g/mol. The standard InChI is InChI=1S/C12H9F9OS/c13-10(14,15)9(11(16,17)18,12(19,20)21)22-6-7-23-8-4-2-1-3-5-8/h1-5H,6-7H2. The lowest BCUT2D eigenvalue weighted by Gasteiger charge is -2.37. The van der Waals surface area contributed by atoms with Gasteiger partial charge in [0.25, 0.3) is 0 Å². The zero-order valence-electron chi connectivity index (χ0n) is 11.0. The van der Waals surface area contributed by atoms with Gasteiger partial charge in [-0.05, 0) is 12.1 Å². The Morgan fingerprint density at radius 3 is 1.57 bits per heavy atom. The van der Waals surface area contributed by atoms with Gasteiger partial charge in [0.15, 0.2) is 0 Å². The molecule has 1 rings (SSSR count). The van der Waals surface area contributed by atoms with Gasteiger partial charge in [0.2, 0.25) is 0 Å². The van der Waals surface area contributed by atoms with Crippen LogP contribution in [0.2, 0.25) is 0 Å². The Balaban J connectivity index is 2.90. The lowest BCUT2D eigenvalue weighted by atomic mass is 10.0. The summed E-state index contributed by atoms with van der Waals surface area (Å²) in [5, 5.41) is 0. The molecule has 0 aliphatic heterocycles. The van der Waals surface area contributed by atoms with Crippen molar-refractivity contribution in [2.45, 2.75) is 29.0 Å². The molecule has 0 fully saturated rings. The van der Waals surface area contributed by atoms with Crippen LogP contribution in [0.25, 0.3) is 0 Å². The fraction of sp³-hybridized carbons (Fsp3) is 0.500. The van der Waals surface area contributed by atoms with E-state index in [2.05, 4.69) is 4.74 Å². The Hall–Kier alpha value is -1.10. The van der Waals surface area contributed by atoms with E-state index in [9.17, 15) is 39.5 Å².